The molecule has 0 unspecified atom stereocenters. The molecule has 166 valence electrons. The topological polar surface area (TPSA) is 103 Å². The molecule has 1 N–H and O–H groups in total. The van der Waals surface area contributed by atoms with E-state index in [1.165, 1.54) is 19.5 Å². The molecule has 1 fully saturated rings. The molecule has 0 radical (unpaired) electrons. The van der Waals surface area contributed by atoms with Gasteiger partial charge in [-0.1, -0.05) is 6.42 Å². The number of rotatable bonds is 4. The number of hydrogen-bond donors (Lipinski definition) is 1. The minimum atomic E-state index is -3.79. The van der Waals surface area contributed by atoms with Crippen molar-refractivity contribution in [1.82, 2.24) is 18.8 Å². The monoisotopic (exact) mass is 438 g/mol. The van der Waals surface area contributed by atoms with E-state index in [-0.39, 0.29) is 23.2 Å². The molecule has 30 heavy (non-hydrogen) atoms. The number of aromatic nitrogens is 2. The van der Waals surface area contributed by atoms with Crippen LogP contribution in [0.25, 0.3) is 11.0 Å². The molecule has 1 aromatic carbocycles. The number of fused-ring (bicyclic) bond motifs is 1. The third-order valence-corrected chi connectivity index (χ3v) is 7.25. The van der Waals surface area contributed by atoms with Crippen molar-refractivity contribution in [3.8, 4) is 0 Å². The lowest BCUT2D eigenvalue weighted by molar-refractivity contribution is 0.0512. The fraction of sp³-hybridized carbons (Fsp3) is 0.600. The average molecular weight is 439 g/mol. The minimum Gasteiger partial charge on any atom is -0.444 e. The number of nitrogens with zero attached hydrogens (tertiary/aromatic N) is 3. The SMILES string of the molecule is Cn1c(=O)n(C)c2cc(S(=O)(=O)N3CCCC[C@@H]3CNC(=O)OC(C)(C)C)ccc21. The number of imidazole rings is 1. The van der Waals surface area contributed by atoms with E-state index in [0.29, 0.717) is 24.0 Å². The van der Waals surface area contributed by atoms with Crippen LogP contribution in [0.1, 0.15) is 40.0 Å². The average Bonchev–Trinajstić information content (AvgIpc) is 2.89. The van der Waals surface area contributed by atoms with Gasteiger partial charge in [0.05, 0.1) is 15.9 Å². The van der Waals surface area contributed by atoms with Crippen LogP contribution in [0, 0.1) is 0 Å². The van der Waals surface area contributed by atoms with Crippen molar-refractivity contribution >= 4 is 27.1 Å². The highest BCUT2D eigenvalue weighted by Gasteiger charge is 2.34. The van der Waals surface area contributed by atoms with Gasteiger partial charge >= 0.3 is 11.8 Å². The molecule has 1 aliphatic heterocycles. The highest BCUT2D eigenvalue weighted by atomic mass is 32.2. The summed E-state index contributed by atoms with van der Waals surface area (Å²) in [5, 5.41) is 2.70. The highest BCUT2D eigenvalue weighted by molar-refractivity contribution is 7.89. The van der Waals surface area contributed by atoms with Crippen LogP contribution in [0.3, 0.4) is 0 Å². The number of aryl methyl sites for hydroxylation is 2. The maximum absolute atomic E-state index is 13.4. The molecule has 1 atom stereocenters. The Kier molecular flexibility index (Phi) is 6.01. The summed E-state index contributed by atoms with van der Waals surface area (Å²) in [6, 6.07) is 4.37. The molecular weight excluding hydrogens is 408 g/mol. The second-order valence-electron chi connectivity index (χ2n) is 8.70. The Hall–Kier alpha value is -2.33. The first-order chi connectivity index (χ1) is 13.9. The Labute approximate surface area is 176 Å². The van der Waals surface area contributed by atoms with Crippen LogP contribution >= 0.6 is 0 Å². The van der Waals surface area contributed by atoms with Crippen LogP contribution < -0.4 is 11.0 Å². The molecule has 1 saturated heterocycles. The van der Waals surface area contributed by atoms with E-state index >= 15 is 0 Å². The van der Waals surface area contributed by atoms with Crippen molar-refractivity contribution in [2.75, 3.05) is 13.1 Å². The lowest BCUT2D eigenvalue weighted by Gasteiger charge is -2.35. The number of sulfonamides is 1. The highest BCUT2D eigenvalue weighted by Crippen LogP contribution is 2.27. The Morgan fingerprint density at radius 1 is 1.17 bits per heavy atom. The van der Waals surface area contributed by atoms with Gasteiger partial charge in [-0.15, -0.1) is 0 Å². The van der Waals surface area contributed by atoms with Gasteiger partial charge in [-0.3, -0.25) is 9.13 Å². The molecule has 0 spiro atoms. The molecule has 1 aromatic heterocycles. The van der Waals surface area contributed by atoms with Crippen LogP contribution in [0.4, 0.5) is 4.79 Å². The van der Waals surface area contributed by atoms with Gasteiger partial charge in [-0.25, -0.2) is 18.0 Å². The summed E-state index contributed by atoms with van der Waals surface area (Å²) in [6.45, 7) is 5.89. The fourth-order valence-electron chi connectivity index (χ4n) is 3.79. The zero-order chi connectivity index (χ0) is 22.3. The van der Waals surface area contributed by atoms with Crippen LogP contribution in [0.15, 0.2) is 27.9 Å². The van der Waals surface area contributed by atoms with Crippen LogP contribution in [-0.2, 0) is 28.9 Å². The molecule has 9 nitrogen and oxygen atoms in total. The van der Waals surface area contributed by atoms with Crippen molar-refractivity contribution in [1.29, 1.82) is 0 Å². The third kappa shape index (κ3) is 4.39. The Morgan fingerprint density at radius 3 is 2.50 bits per heavy atom. The van der Waals surface area contributed by atoms with Crippen LogP contribution in [-0.4, -0.2) is 52.7 Å². The van der Waals surface area contributed by atoms with Crippen LogP contribution in [0.2, 0.25) is 0 Å². The number of alkyl carbamates (subject to hydrolysis) is 1. The first-order valence-electron chi connectivity index (χ1n) is 10.1. The largest absolute Gasteiger partial charge is 0.444 e. The molecular formula is C20H30N4O5S. The summed E-state index contributed by atoms with van der Waals surface area (Å²) in [5.74, 6) is 0. The molecule has 0 bridgehead atoms. The van der Waals surface area contributed by atoms with Crippen molar-refractivity contribution in [2.45, 2.75) is 56.6 Å². The van der Waals surface area contributed by atoms with Gasteiger partial charge in [0.15, 0.2) is 0 Å². The first-order valence-corrected chi connectivity index (χ1v) is 11.5. The number of amides is 1. The summed E-state index contributed by atoms with van der Waals surface area (Å²) < 4.78 is 36.4. The van der Waals surface area contributed by atoms with E-state index in [2.05, 4.69) is 5.32 Å². The Balaban J connectivity index is 1.86. The van der Waals surface area contributed by atoms with Crippen molar-refractivity contribution in [3.63, 3.8) is 0 Å². The van der Waals surface area contributed by atoms with E-state index in [1.807, 2.05) is 0 Å². The lowest BCUT2D eigenvalue weighted by Crippen LogP contribution is -2.49. The van der Waals surface area contributed by atoms with Crippen molar-refractivity contribution < 1.29 is 17.9 Å². The molecule has 10 heteroatoms. The molecule has 0 saturated carbocycles. The maximum atomic E-state index is 13.4. The molecule has 1 amide bonds. The summed E-state index contributed by atoms with van der Waals surface area (Å²) in [4.78, 5) is 24.3. The van der Waals surface area contributed by atoms with Gasteiger partial charge in [0.1, 0.15) is 5.60 Å². The van der Waals surface area contributed by atoms with Gasteiger partial charge in [0, 0.05) is 33.2 Å². The molecule has 2 heterocycles. The smallest absolute Gasteiger partial charge is 0.407 e. The van der Waals surface area contributed by atoms with Crippen molar-refractivity contribution in [3.05, 3.63) is 28.7 Å². The maximum Gasteiger partial charge on any atom is 0.407 e. The number of carbonyl (C=O) groups is 1. The summed E-state index contributed by atoms with van der Waals surface area (Å²) >= 11 is 0. The molecule has 0 aliphatic carbocycles. The van der Waals surface area contributed by atoms with E-state index in [9.17, 15) is 18.0 Å². The van der Waals surface area contributed by atoms with E-state index < -0.39 is 21.7 Å². The predicted octanol–water partition coefficient (Wildman–Crippen LogP) is 1.94. The Bertz CT molecular complexity index is 1110. The molecule has 3 rings (SSSR count). The first kappa shape index (κ1) is 22.4. The van der Waals surface area contributed by atoms with Crippen molar-refractivity contribution in [2.24, 2.45) is 14.1 Å². The second-order valence-corrected chi connectivity index (χ2v) is 10.6. The number of nitrogens with one attached hydrogen (secondary N) is 1. The quantitative estimate of drug-likeness (QED) is 0.786. The third-order valence-electron chi connectivity index (χ3n) is 5.30. The number of benzene rings is 1. The second kappa shape index (κ2) is 8.07. The summed E-state index contributed by atoms with van der Waals surface area (Å²) in [6.07, 6.45) is 1.74. The minimum absolute atomic E-state index is 0.139. The number of ether oxygens (including phenoxy) is 1. The number of hydrogen-bond acceptors (Lipinski definition) is 5. The van der Waals surface area contributed by atoms with Gasteiger partial charge in [-0.2, -0.15) is 4.31 Å². The fourth-order valence-corrected chi connectivity index (χ4v) is 5.51. The molecule has 1 aliphatic rings. The van der Waals surface area contributed by atoms with E-state index in [0.717, 1.165) is 12.8 Å². The zero-order valence-electron chi connectivity index (χ0n) is 18.1. The predicted molar refractivity (Wildman–Crippen MR) is 114 cm³/mol. The standard InChI is InChI=1S/C20H30N4O5S/c1-20(2,3)29-18(25)21-13-14-8-6-7-11-24(14)30(27,28)15-9-10-16-17(12-15)23(5)19(26)22(16)4/h9-10,12,14H,6-8,11,13H2,1-5H3,(H,21,25)/t14-/m1/s1. The summed E-state index contributed by atoms with van der Waals surface area (Å²) in [5.41, 5.74) is 0.396. The van der Waals surface area contributed by atoms with E-state index in [4.69, 9.17) is 4.74 Å². The normalized spacial score (nSPS) is 18.5. The zero-order valence-corrected chi connectivity index (χ0v) is 19.0. The lowest BCUT2D eigenvalue weighted by atomic mass is 10.1. The van der Waals surface area contributed by atoms with Gasteiger partial charge in [0.2, 0.25) is 10.0 Å². The Morgan fingerprint density at radius 2 is 1.83 bits per heavy atom. The van der Waals surface area contributed by atoms with Gasteiger partial charge < -0.3 is 10.1 Å². The van der Waals surface area contributed by atoms with Gasteiger partial charge in [0.25, 0.3) is 0 Å². The van der Waals surface area contributed by atoms with E-state index in [1.54, 1.807) is 47.0 Å². The molecule has 2 aromatic rings. The van der Waals surface area contributed by atoms with Crippen LogP contribution in [0.5, 0.6) is 0 Å². The number of piperidine rings is 1. The van der Waals surface area contributed by atoms with Gasteiger partial charge in [-0.05, 0) is 51.8 Å². The number of carbonyl (C=O) groups excluding carboxylic acids is 1. The summed E-state index contributed by atoms with van der Waals surface area (Å²) in [7, 11) is -0.514.